The lowest BCUT2D eigenvalue weighted by atomic mass is 10.1. The van der Waals surface area contributed by atoms with E-state index in [4.69, 9.17) is 15.2 Å². The van der Waals surface area contributed by atoms with Gasteiger partial charge in [-0.1, -0.05) is 30.3 Å². The number of anilines is 2. The maximum absolute atomic E-state index is 6.08. The SMILES string of the molecule is COc1cc(N)c(NC2CC2c2ccccc2)cc1OC. The summed E-state index contributed by atoms with van der Waals surface area (Å²) in [7, 11) is 3.23. The number of ether oxygens (including phenoxy) is 2. The van der Waals surface area contributed by atoms with Crippen molar-refractivity contribution in [3.8, 4) is 11.5 Å². The summed E-state index contributed by atoms with van der Waals surface area (Å²) in [5.41, 5.74) is 9.02. The van der Waals surface area contributed by atoms with Crippen LogP contribution in [0.1, 0.15) is 17.9 Å². The minimum atomic E-state index is 0.424. The number of hydrogen-bond donors (Lipinski definition) is 2. The van der Waals surface area contributed by atoms with Gasteiger partial charge in [-0.15, -0.1) is 0 Å². The summed E-state index contributed by atoms with van der Waals surface area (Å²) < 4.78 is 10.6. The fourth-order valence-electron chi connectivity index (χ4n) is 2.64. The molecule has 1 saturated carbocycles. The Morgan fingerprint density at radius 2 is 1.71 bits per heavy atom. The Kier molecular flexibility index (Phi) is 3.60. The van der Waals surface area contributed by atoms with Crippen molar-refractivity contribution in [1.82, 2.24) is 0 Å². The summed E-state index contributed by atoms with van der Waals surface area (Å²) >= 11 is 0. The smallest absolute Gasteiger partial charge is 0.162 e. The lowest BCUT2D eigenvalue weighted by Gasteiger charge is -2.14. The molecule has 1 aliphatic rings. The summed E-state index contributed by atoms with van der Waals surface area (Å²) in [4.78, 5) is 0. The Hall–Kier alpha value is -2.36. The van der Waals surface area contributed by atoms with Gasteiger partial charge < -0.3 is 20.5 Å². The second-order valence-electron chi connectivity index (χ2n) is 5.30. The average Bonchev–Trinajstić information content (AvgIpc) is 3.29. The Bertz CT molecular complexity index is 628. The van der Waals surface area contributed by atoms with E-state index in [0.29, 0.717) is 29.1 Å². The summed E-state index contributed by atoms with van der Waals surface area (Å²) in [6, 6.07) is 14.7. The van der Waals surface area contributed by atoms with E-state index in [9.17, 15) is 0 Å². The van der Waals surface area contributed by atoms with Crippen molar-refractivity contribution >= 4 is 11.4 Å². The fourth-order valence-corrected chi connectivity index (χ4v) is 2.64. The molecule has 3 N–H and O–H groups in total. The zero-order chi connectivity index (χ0) is 14.8. The first-order valence-electron chi connectivity index (χ1n) is 7.06. The van der Waals surface area contributed by atoms with Crippen LogP contribution in [-0.2, 0) is 0 Å². The van der Waals surface area contributed by atoms with Gasteiger partial charge in [0.1, 0.15) is 0 Å². The zero-order valence-corrected chi connectivity index (χ0v) is 12.3. The van der Waals surface area contributed by atoms with Crippen LogP contribution < -0.4 is 20.5 Å². The summed E-state index contributed by atoms with van der Waals surface area (Å²) in [6.45, 7) is 0. The van der Waals surface area contributed by atoms with Crippen molar-refractivity contribution in [2.24, 2.45) is 0 Å². The zero-order valence-electron chi connectivity index (χ0n) is 12.3. The highest BCUT2D eigenvalue weighted by Crippen LogP contribution is 2.44. The monoisotopic (exact) mass is 284 g/mol. The van der Waals surface area contributed by atoms with E-state index in [2.05, 4.69) is 29.6 Å². The largest absolute Gasteiger partial charge is 0.493 e. The number of nitrogens with two attached hydrogens (primary N) is 1. The van der Waals surface area contributed by atoms with Crippen LogP contribution in [0, 0.1) is 0 Å². The molecule has 2 unspecified atom stereocenters. The molecule has 4 nitrogen and oxygen atoms in total. The molecule has 0 aliphatic heterocycles. The maximum Gasteiger partial charge on any atom is 0.162 e. The maximum atomic E-state index is 6.08. The molecule has 0 saturated heterocycles. The third-order valence-electron chi connectivity index (χ3n) is 3.91. The molecule has 110 valence electrons. The van der Waals surface area contributed by atoms with Gasteiger partial charge in [-0.25, -0.2) is 0 Å². The number of hydrogen-bond acceptors (Lipinski definition) is 4. The Morgan fingerprint density at radius 1 is 1.05 bits per heavy atom. The standard InChI is InChI=1S/C17H20N2O2/c1-20-16-9-13(18)15(10-17(16)21-2)19-14-8-12(14)11-6-4-3-5-7-11/h3-7,9-10,12,14,19H,8,18H2,1-2H3. The van der Waals surface area contributed by atoms with Crippen LogP contribution in [0.4, 0.5) is 11.4 Å². The quantitative estimate of drug-likeness (QED) is 0.827. The van der Waals surface area contributed by atoms with E-state index in [1.54, 1.807) is 20.3 Å². The van der Waals surface area contributed by atoms with E-state index in [1.807, 2.05) is 12.1 Å². The van der Waals surface area contributed by atoms with Gasteiger partial charge in [-0.2, -0.15) is 0 Å². The molecule has 2 atom stereocenters. The molecule has 0 bridgehead atoms. The Labute approximate surface area is 124 Å². The normalized spacial score (nSPS) is 19.9. The number of methoxy groups -OCH3 is 2. The van der Waals surface area contributed by atoms with Crippen molar-refractivity contribution in [2.75, 3.05) is 25.3 Å². The topological polar surface area (TPSA) is 56.5 Å². The van der Waals surface area contributed by atoms with Gasteiger partial charge in [-0.05, 0) is 12.0 Å². The first kappa shape index (κ1) is 13.6. The Balaban J connectivity index is 1.75. The van der Waals surface area contributed by atoms with Crippen LogP contribution in [0.15, 0.2) is 42.5 Å². The lowest BCUT2D eigenvalue weighted by Crippen LogP contribution is -2.07. The van der Waals surface area contributed by atoms with Crippen molar-refractivity contribution in [2.45, 2.75) is 18.4 Å². The van der Waals surface area contributed by atoms with Crippen LogP contribution in [-0.4, -0.2) is 20.3 Å². The molecule has 0 spiro atoms. The molecule has 0 heterocycles. The molecular weight excluding hydrogens is 264 g/mol. The second-order valence-corrected chi connectivity index (χ2v) is 5.30. The first-order chi connectivity index (χ1) is 10.2. The molecule has 3 rings (SSSR count). The third kappa shape index (κ3) is 2.75. The molecule has 1 fully saturated rings. The summed E-state index contributed by atoms with van der Waals surface area (Å²) in [5, 5.41) is 3.50. The van der Waals surface area contributed by atoms with E-state index in [0.717, 1.165) is 12.1 Å². The van der Waals surface area contributed by atoms with Gasteiger partial charge in [-0.3, -0.25) is 0 Å². The first-order valence-corrected chi connectivity index (χ1v) is 7.06. The van der Waals surface area contributed by atoms with E-state index >= 15 is 0 Å². The van der Waals surface area contributed by atoms with Crippen LogP contribution in [0.25, 0.3) is 0 Å². The van der Waals surface area contributed by atoms with E-state index < -0.39 is 0 Å². The third-order valence-corrected chi connectivity index (χ3v) is 3.91. The van der Waals surface area contributed by atoms with Gasteiger partial charge in [0.25, 0.3) is 0 Å². The summed E-state index contributed by atoms with van der Waals surface area (Å²) in [5.74, 6) is 1.89. The van der Waals surface area contributed by atoms with Crippen molar-refractivity contribution in [3.05, 3.63) is 48.0 Å². The minimum Gasteiger partial charge on any atom is -0.493 e. The fraction of sp³-hybridized carbons (Fsp3) is 0.294. The number of nitrogen functional groups attached to an aromatic ring is 1. The number of nitrogens with one attached hydrogen (secondary N) is 1. The van der Waals surface area contributed by atoms with Crippen LogP contribution in [0.2, 0.25) is 0 Å². The van der Waals surface area contributed by atoms with Crippen LogP contribution in [0.3, 0.4) is 0 Å². The van der Waals surface area contributed by atoms with Crippen molar-refractivity contribution in [1.29, 1.82) is 0 Å². The number of rotatable bonds is 5. The van der Waals surface area contributed by atoms with Gasteiger partial charge in [0.05, 0.1) is 25.6 Å². The molecule has 0 aromatic heterocycles. The molecular formula is C17H20N2O2. The molecule has 0 radical (unpaired) electrons. The van der Waals surface area contributed by atoms with Crippen molar-refractivity contribution in [3.63, 3.8) is 0 Å². The van der Waals surface area contributed by atoms with Gasteiger partial charge in [0.2, 0.25) is 0 Å². The molecule has 4 heteroatoms. The van der Waals surface area contributed by atoms with Crippen molar-refractivity contribution < 1.29 is 9.47 Å². The predicted molar refractivity (Wildman–Crippen MR) is 85.2 cm³/mol. The van der Waals surface area contributed by atoms with Crippen LogP contribution in [0.5, 0.6) is 11.5 Å². The molecule has 2 aromatic rings. The van der Waals surface area contributed by atoms with E-state index in [1.165, 1.54) is 5.56 Å². The predicted octanol–water partition coefficient (Wildman–Crippen LogP) is 3.25. The highest BCUT2D eigenvalue weighted by atomic mass is 16.5. The minimum absolute atomic E-state index is 0.424. The lowest BCUT2D eigenvalue weighted by molar-refractivity contribution is 0.355. The average molecular weight is 284 g/mol. The van der Waals surface area contributed by atoms with Gasteiger partial charge in [0, 0.05) is 24.1 Å². The molecule has 1 aliphatic carbocycles. The van der Waals surface area contributed by atoms with Gasteiger partial charge in [0.15, 0.2) is 11.5 Å². The van der Waals surface area contributed by atoms with Gasteiger partial charge >= 0.3 is 0 Å². The highest BCUT2D eigenvalue weighted by Gasteiger charge is 2.38. The Morgan fingerprint density at radius 3 is 2.38 bits per heavy atom. The molecule has 0 amide bonds. The van der Waals surface area contributed by atoms with Crippen LogP contribution >= 0.6 is 0 Å². The number of benzene rings is 2. The summed E-state index contributed by atoms with van der Waals surface area (Å²) in [6.07, 6.45) is 1.12. The molecule has 21 heavy (non-hydrogen) atoms. The highest BCUT2D eigenvalue weighted by molar-refractivity contribution is 5.73. The second kappa shape index (κ2) is 5.56. The molecule has 2 aromatic carbocycles. The van der Waals surface area contributed by atoms with E-state index in [-0.39, 0.29) is 0 Å².